The molecule has 6 nitrogen and oxygen atoms in total. The van der Waals surface area contributed by atoms with E-state index in [9.17, 15) is 26.0 Å². The van der Waals surface area contributed by atoms with Crippen LogP contribution >= 0.6 is 0 Å². The van der Waals surface area contributed by atoms with E-state index in [4.69, 9.17) is 5.14 Å². The van der Waals surface area contributed by atoms with Crippen molar-refractivity contribution in [3.05, 3.63) is 65.9 Å². The Labute approximate surface area is 139 Å². The zero-order valence-corrected chi connectivity index (χ0v) is 13.6. The number of anilines is 1. The van der Waals surface area contributed by atoms with Crippen molar-refractivity contribution in [1.29, 1.82) is 0 Å². The molecule has 0 fully saturated rings. The van der Waals surface area contributed by atoms with Crippen molar-refractivity contribution in [3.8, 4) is 0 Å². The average molecular weight is 373 g/mol. The fourth-order valence-electron chi connectivity index (χ4n) is 1.87. The highest BCUT2D eigenvalue weighted by atomic mass is 32.2. The second kappa shape index (κ2) is 7.18. The van der Waals surface area contributed by atoms with Crippen molar-refractivity contribution in [2.45, 2.75) is 4.90 Å². The topological polar surface area (TPSA) is 104 Å². The lowest BCUT2D eigenvalue weighted by Crippen LogP contribution is -2.23. The maximum Gasteiger partial charge on any atom is 0.240 e. The van der Waals surface area contributed by atoms with Gasteiger partial charge >= 0.3 is 0 Å². The van der Waals surface area contributed by atoms with Crippen LogP contribution in [0.15, 0.2) is 53.6 Å². The van der Waals surface area contributed by atoms with Crippen molar-refractivity contribution in [3.63, 3.8) is 0 Å². The molecule has 0 aliphatic heterocycles. The smallest absolute Gasteiger partial charge is 0.240 e. The molecule has 0 aromatic heterocycles. The van der Waals surface area contributed by atoms with Crippen LogP contribution in [0.5, 0.6) is 0 Å². The van der Waals surface area contributed by atoms with Crippen molar-refractivity contribution >= 4 is 33.1 Å². The molecule has 0 aliphatic carbocycles. The molecular formula is C14H11F2N2O4S2-. The Bertz CT molecular complexity index is 917. The van der Waals surface area contributed by atoms with Crippen LogP contribution < -0.4 is 9.44 Å². The van der Waals surface area contributed by atoms with Gasteiger partial charge in [0.15, 0.2) is 0 Å². The van der Waals surface area contributed by atoms with Gasteiger partial charge in [0.1, 0.15) is 16.5 Å². The molecule has 24 heavy (non-hydrogen) atoms. The maximum atomic E-state index is 13.6. The van der Waals surface area contributed by atoms with Crippen molar-refractivity contribution in [1.82, 2.24) is 0 Å². The Morgan fingerprint density at radius 3 is 2.42 bits per heavy atom. The largest absolute Gasteiger partial charge is 0.755 e. The van der Waals surface area contributed by atoms with Gasteiger partial charge in [0, 0.05) is 11.8 Å². The number of nitrogens with two attached hydrogens (primary N) is 1. The van der Waals surface area contributed by atoms with E-state index in [1.165, 1.54) is 18.2 Å². The van der Waals surface area contributed by atoms with E-state index >= 15 is 0 Å². The van der Waals surface area contributed by atoms with Crippen LogP contribution in [0.25, 0.3) is 6.08 Å². The lowest BCUT2D eigenvalue weighted by Gasteiger charge is -2.24. The standard InChI is InChI=1S/C14H12F2N2O4S2/c15-11-5-6-14(24(17,21)22)13(9-11)18(23(19)20)8-7-10-3-1-2-4-12(10)16/h1-9H,(H,19,20)(H2,17,21,22)/p-1. The Balaban J connectivity index is 2.55. The fraction of sp³-hybridized carbons (Fsp3) is 0. The van der Waals surface area contributed by atoms with Crippen molar-refractivity contribution in [2.24, 2.45) is 5.14 Å². The molecule has 0 heterocycles. The third kappa shape index (κ3) is 4.23. The second-order valence-corrected chi connectivity index (χ2v) is 6.89. The monoisotopic (exact) mass is 373 g/mol. The SMILES string of the molecule is NS(=O)(=O)c1ccc(F)cc1N(C=Cc1ccccc1F)S(=O)[O-]. The van der Waals surface area contributed by atoms with Crippen LogP contribution in [0.2, 0.25) is 0 Å². The molecule has 1 atom stereocenters. The minimum absolute atomic E-state index is 0.0570. The fourth-order valence-corrected chi connectivity index (χ4v) is 3.11. The summed E-state index contributed by atoms with van der Waals surface area (Å²) in [4.78, 5) is -0.591. The molecular weight excluding hydrogens is 362 g/mol. The van der Waals surface area contributed by atoms with E-state index in [0.717, 1.165) is 30.5 Å². The first kappa shape index (κ1) is 18.2. The Morgan fingerprint density at radius 1 is 1.17 bits per heavy atom. The third-order valence-electron chi connectivity index (χ3n) is 2.92. The lowest BCUT2D eigenvalue weighted by atomic mass is 10.2. The van der Waals surface area contributed by atoms with Gasteiger partial charge in [0.25, 0.3) is 0 Å². The Hall–Kier alpha value is -2.14. The summed E-state index contributed by atoms with van der Waals surface area (Å²) in [5.74, 6) is -1.48. The summed E-state index contributed by atoms with van der Waals surface area (Å²) in [5, 5.41) is 5.02. The zero-order valence-electron chi connectivity index (χ0n) is 11.9. The first-order chi connectivity index (χ1) is 11.2. The molecule has 0 saturated heterocycles. The lowest BCUT2D eigenvalue weighted by molar-refractivity contribution is 0.536. The summed E-state index contributed by atoms with van der Waals surface area (Å²) < 4.78 is 73.4. The molecule has 0 spiro atoms. The number of hydrogen-bond donors (Lipinski definition) is 1. The highest BCUT2D eigenvalue weighted by molar-refractivity contribution is 7.89. The molecule has 0 amide bonds. The summed E-state index contributed by atoms with van der Waals surface area (Å²) in [7, 11) is -4.31. The quantitative estimate of drug-likeness (QED) is 0.808. The number of halogens is 2. The minimum Gasteiger partial charge on any atom is -0.755 e. The van der Waals surface area contributed by atoms with E-state index in [-0.39, 0.29) is 5.56 Å². The number of sulfonamides is 1. The first-order valence-corrected chi connectivity index (χ1v) is 8.91. The van der Waals surface area contributed by atoms with E-state index in [1.807, 2.05) is 0 Å². The number of hydrogen-bond acceptors (Lipinski definition) is 4. The molecule has 2 aromatic carbocycles. The highest BCUT2D eigenvalue weighted by Crippen LogP contribution is 2.27. The molecule has 2 aromatic rings. The Kier molecular flexibility index (Phi) is 5.44. The van der Waals surface area contributed by atoms with Crippen LogP contribution in [-0.2, 0) is 21.3 Å². The molecule has 0 saturated carbocycles. The van der Waals surface area contributed by atoms with Crippen LogP contribution in [-0.4, -0.2) is 17.2 Å². The zero-order chi connectivity index (χ0) is 17.9. The van der Waals surface area contributed by atoms with Crippen LogP contribution in [0, 0.1) is 11.6 Å². The van der Waals surface area contributed by atoms with E-state index in [0.29, 0.717) is 10.4 Å². The van der Waals surface area contributed by atoms with Gasteiger partial charge in [-0.05, 0) is 30.3 Å². The van der Waals surface area contributed by atoms with Gasteiger partial charge in [-0.25, -0.2) is 22.3 Å². The van der Waals surface area contributed by atoms with Gasteiger partial charge in [-0.1, -0.05) is 18.2 Å². The summed E-state index contributed by atoms with van der Waals surface area (Å²) in [6.45, 7) is 0. The Morgan fingerprint density at radius 2 is 1.83 bits per heavy atom. The second-order valence-electron chi connectivity index (χ2n) is 4.54. The third-order valence-corrected chi connectivity index (χ3v) is 4.52. The molecule has 2 rings (SSSR count). The van der Waals surface area contributed by atoms with Crippen LogP contribution in [0.1, 0.15) is 5.56 Å². The van der Waals surface area contributed by atoms with Crippen molar-refractivity contribution in [2.75, 3.05) is 4.31 Å². The summed E-state index contributed by atoms with van der Waals surface area (Å²) in [5.41, 5.74) is -0.458. The summed E-state index contributed by atoms with van der Waals surface area (Å²) in [6.07, 6.45) is 1.99. The van der Waals surface area contributed by atoms with E-state index in [1.54, 1.807) is 0 Å². The molecule has 1 unspecified atom stereocenters. The van der Waals surface area contributed by atoms with E-state index in [2.05, 4.69) is 0 Å². The van der Waals surface area contributed by atoms with Gasteiger partial charge in [-0.2, -0.15) is 0 Å². The van der Waals surface area contributed by atoms with Gasteiger partial charge in [0.05, 0.1) is 17.0 Å². The molecule has 0 bridgehead atoms. The summed E-state index contributed by atoms with van der Waals surface area (Å²) >= 11 is -3.00. The van der Waals surface area contributed by atoms with Crippen molar-refractivity contribution < 1.29 is 26.0 Å². The molecule has 0 aliphatic rings. The van der Waals surface area contributed by atoms with Gasteiger partial charge in [0.2, 0.25) is 10.0 Å². The average Bonchev–Trinajstić information content (AvgIpc) is 2.47. The summed E-state index contributed by atoms with van der Waals surface area (Å²) in [6, 6.07) is 7.88. The van der Waals surface area contributed by atoms with Gasteiger partial charge in [-0.15, -0.1) is 0 Å². The molecule has 10 heteroatoms. The molecule has 128 valence electrons. The predicted octanol–water partition coefficient (Wildman–Crippen LogP) is 1.88. The number of nitrogens with zero attached hydrogens (tertiary/aromatic N) is 1. The first-order valence-electron chi connectivity index (χ1n) is 6.34. The van der Waals surface area contributed by atoms with Crippen LogP contribution in [0.3, 0.4) is 0 Å². The molecule has 2 N–H and O–H groups in total. The predicted molar refractivity (Wildman–Crippen MR) is 84.6 cm³/mol. The van der Waals surface area contributed by atoms with Gasteiger partial charge in [-0.3, -0.25) is 8.51 Å². The van der Waals surface area contributed by atoms with E-state index < -0.39 is 43.5 Å². The number of primary sulfonamides is 1. The maximum absolute atomic E-state index is 13.6. The highest BCUT2D eigenvalue weighted by Gasteiger charge is 2.19. The number of rotatable bonds is 5. The minimum atomic E-state index is -4.31. The number of benzene rings is 2. The van der Waals surface area contributed by atoms with Gasteiger partial charge < -0.3 is 4.55 Å². The molecule has 0 radical (unpaired) electrons. The van der Waals surface area contributed by atoms with Crippen LogP contribution in [0.4, 0.5) is 14.5 Å². The normalized spacial score (nSPS) is 13.2.